The number of halogens is 2. The second-order valence-electron chi connectivity index (χ2n) is 3.18. The first-order valence-electron chi connectivity index (χ1n) is 4.69. The van der Waals surface area contributed by atoms with Gasteiger partial charge in [-0.1, -0.05) is 32.7 Å². The van der Waals surface area contributed by atoms with Gasteiger partial charge in [0, 0.05) is 10.9 Å². The van der Waals surface area contributed by atoms with E-state index < -0.39 is 0 Å². The van der Waals surface area contributed by atoms with Crippen molar-refractivity contribution < 1.29 is 4.52 Å². The molecule has 0 radical (unpaired) electrons. The van der Waals surface area contributed by atoms with Crippen molar-refractivity contribution in [3.63, 3.8) is 0 Å². The quantitative estimate of drug-likeness (QED) is 0.946. The maximum atomic E-state index is 6.07. The zero-order valence-electron chi connectivity index (χ0n) is 8.28. The molecule has 84 valence electrons. The molecule has 0 aliphatic carbocycles. The largest absolute Gasteiger partial charge is 0.334 e. The summed E-state index contributed by atoms with van der Waals surface area (Å²) < 4.78 is 6.01. The zero-order valence-corrected chi connectivity index (χ0v) is 10.6. The van der Waals surface area contributed by atoms with Gasteiger partial charge in [-0.25, -0.2) is 0 Å². The second-order valence-corrected chi connectivity index (χ2v) is 4.50. The van der Waals surface area contributed by atoms with Gasteiger partial charge in [0.2, 0.25) is 0 Å². The van der Waals surface area contributed by atoms with Crippen LogP contribution in [0.25, 0.3) is 11.5 Å². The SMILES string of the molecule is NCCc1noc(-c2ccc(Br)cc2Cl)n1. The lowest BCUT2D eigenvalue weighted by atomic mass is 10.2. The minimum Gasteiger partial charge on any atom is -0.334 e. The number of hydrogen-bond donors (Lipinski definition) is 1. The molecular formula is C10H9BrClN3O. The van der Waals surface area contributed by atoms with Crippen LogP contribution in [0, 0.1) is 0 Å². The van der Waals surface area contributed by atoms with E-state index in [0.717, 1.165) is 10.0 Å². The highest BCUT2D eigenvalue weighted by atomic mass is 79.9. The van der Waals surface area contributed by atoms with Crippen molar-refractivity contribution in [1.29, 1.82) is 0 Å². The molecule has 4 nitrogen and oxygen atoms in total. The monoisotopic (exact) mass is 301 g/mol. The highest BCUT2D eigenvalue weighted by molar-refractivity contribution is 9.10. The van der Waals surface area contributed by atoms with Crippen LogP contribution in [-0.2, 0) is 6.42 Å². The fraction of sp³-hybridized carbons (Fsp3) is 0.200. The van der Waals surface area contributed by atoms with E-state index >= 15 is 0 Å². The Morgan fingerprint density at radius 3 is 2.94 bits per heavy atom. The Kier molecular flexibility index (Phi) is 3.58. The van der Waals surface area contributed by atoms with Gasteiger partial charge < -0.3 is 10.3 Å². The first-order valence-corrected chi connectivity index (χ1v) is 5.86. The summed E-state index contributed by atoms with van der Waals surface area (Å²) in [4.78, 5) is 4.20. The predicted octanol–water partition coefficient (Wildman–Crippen LogP) is 2.65. The van der Waals surface area contributed by atoms with Crippen LogP contribution < -0.4 is 5.73 Å². The second kappa shape index (κ2) is 4.95. The normalized spacial score (nSPS) is 10.7. The molecule has 0 spiro atoms. The molecule has 0 bridgehead atoms. The molecule has 0 aliphatic rings. The Morgan fingerprint density at radius 2 is 2.25 bits per heavy atom. The number of rotatable bonds is 3. The van der Waals surface area contributed by atoms with Crippen LogP contribution in [-0.4, -0.2) is 16.7 Å². The van der Waals surface area contributed by atoms with Crippen LogP contribution in [0.5, 0.6) is 0 Å². The summed E-state index contributed by atoms with van der Waals surface area (Å²) >= 11 is 9.40. The third-order valence-electron chi connectivity index (χ3n) is 2.00. The van der Waals surface area contributed by atoms with Gasteiger partial charge in [-0.15, -0.1) is 0 Å². The summed E-state index contributed by atoms with van der Waals surface area (Å²) in [6, 6.07) is 5.48. The van der Waals surface area contributed by atoms with Gasteiger partial charge in [0.05, 0.1) is 10.6 Å². The van der Waals surface area contributed by atoms with Crippen molar-refractivity contribution in [3.8, 4) is 11.5 Å². The fourth-order valence-corrected chi connectivity index (χ4v) is 2.01. The van der Waals surface area contributed by atoms with E-state index in [4.69, 9.17) is 21.9 Å². The van der Waals surface area contributed by atoms with Gasteiger partial charge in [-0.3, -0.25) is 0 Å². The van der Waals surface area contributed by atoms with Crippen molar-refractivity contribution in [3.05, 3.63) is 33.5 Å². The maximum Gasteiger partial charge on any atom is 0.259 e. The summed E-state index contributed by atoms with van der Waals surface area (Å²) in [5, 5.41) is 4.38. The molecule has 2 N–H and O–H groups in total. The summed E-state index contributed by atoms with van der Waals surface area (Å²) in [7, 11) is 0. The van der Waals surface area contributed by atoms with Crippen molar-refractivity contribution >= 4 is 27.5 Å². The van der Waals surface area contributed by atoms with E-state index in [0.29, 0.717) is 29.7 Å². The fourth-order valence-electron chi connectivity index (χ4n) is 1.26. The van der Waals surface area contributed by atoms with E-state index in [2.05, 4.69) is 26.1 Å². The Morgan fingerprint density at radius 1 is 1.44 bits per heavy atom. The van der Waals surface area contributed by atoms with E-state index in [9.17, 15) is 0 Å². The highest BCUT2D eigenvalue weighted by Crippen LogP contribution is 2.29. The van der Waals surface area contributed by atoms with Gasteiger partial charge in [-0.05, 0) is 24.7 Å². The molecule has 0 saturated carbocycles. The number of aromatic nitrogens is 2. The standard InChI is InChI=1S/C10H9BrClN3O/c11-6-1-2-7(8(12)5-6)10-14-9(3-4-13)15-16-10/h1-2,5H,3-4,13H2. The lowest BCUT2D eigenvalue weighted by Crippen LogP contribution is -2.03. The van der Waals surface area contributed by atoms with E-state index in [1.165, 1.54) is 0 Å². The molecular weight excluding hydrogens is 293 g/mol. The first-order chi connectivity index (χ1) is 7.70. The lowest BCUT2D eigenvalue weighted by Gasteiger charge is -1.98. The summed E-state index contributed by atoms with van der Waals surface area (Å²) in [5.41, 5.74) is 6.13. The van der Waals surface area contributed by atoms with Gasteiger partial charge in [0.15, 0.2) is 5.82 Å². The Labute approximate surface area is 106 Å². The number of hydrogen-bond acceptors (Lipinski definition) is 4. The van der Waals surface area contributed by atoms with E-state index in [1.54, 1.807) is 6.07 Å². The number of benzene rings is 1. The van der Waals surface area contributed by atoms with E-state index in [-0.39, 0.29) is 0 Å². The topological polar surface area (TPSA) is 64.9 Å². The third kappa shape index (κ3) is 2.42. The summed E-state index contributed by atoms with van der Waals surface area (Å²) in [5.74, 6) is 1.01. The van der Waals surface area contributed by atoms with Crippen molar-refractivity contribution in [2.24, 2.45) is 5.73 Å². The molecule has 2 rings (SSSR count). The molecule has 0 unspecified atom stereocenters. The molecule has 2 aromatic rings. The summed E-state index contributed by atoms with van der Waals surface area (Å²) in [6.07, 6.45) is 0.595. The van der Waals surface area contributed by atoms with Crippen LogP contribution in [0.1, 0.15) is 5.82 Å². The lowest BCUT2D eigenvalue weighted by molar-refractivity contribution is 0.422. The third-order valence-corrected chi connectivity index (χ3v) is 2.80. The Balaban J connectivity index is 2.35. The first kappa shape index (κ1) is 11.6. The molecule has 1 heterocycles. The molecule has 6 heteroatoms. The molecule has 16 heavy (non-hydrogen) atoms. The predicted molar refractivity (Wildman–Crippen MR) is 65.2 cm³/mol. The van der Waals surface area contributed by atoms with Crippen LogP contribution >= 0.6 is 27.5 Å². The average Bonchev–Trinajstić information content (AvgIpc) is 2.67. The number of nitrogens with two attached hydrogens (primary N) is 1. The Hall–Kier alpha value is -0.910. The summed E-state index contributed by atoms with van der Waals surface area (Å²) in [6.45, 7) is 0.493. The Bertz CT molecular complexity index is 501. The smallest absolute Gasteiger partial charge is 0.259 e. The molecule has 0 aliphatic heterocycles. The van der Waals surface area contributed by atoms with Crippen LogP contribution in [0.3, 0.4) is 0 Å². The average molecular weight is 303 g/mol. The molecule has 1 aromatic carbocycles. The molecule has 0 amide bonds. The van der Waals surface area contributed by atoms with Gasteiger partial charge in [0.1, 0.15) is 0 Å². The number of nitrogens with zero attached hydrogens (tertiary/aromatic N) is 2. The van der Waals surface area contributed by atoms with Crippen molar-refractivity contribution in [1.82, 2.24) is 10.1 Å². The minimum atomic E-state index is 0.418. The molecule has 0 atom stereocenters. The van der Waals surface area contributed by atoms with Gasteiger partial charge in [-0.2, -0.15) is 4.98 Å². The van der Waals surface area contributed by atoms with Crippen molar-refractivity contribution in [2.75, 3.05) is 6.54 Å². The van der Waals surface area contributed by atoms with Crippen LogP contribution in [0.2, 0.25) is 5.02 Å². The zero-order chi connectivity index (χ0) is 11.5. The van der Waals surface area contributed by atoms with Crippen LogP contribution in [0.15, 0.2) is 27.2 Å². The highest BCUT2D eigenvalue weighted by Gasteiger charge is 2.11. The van der Waals surface area contributed by atoms with Gasteiger partial charge in [0.25, 0.3) is 5.89 Å². The minimum absolute atomic E-state index is 0.418. The maximum absolute atomic E-state index is 6.07. The molecule has 0 saturated heterocycles. The molecule has 0 fully saturated rings. The molecule has 1 aromatic heterocycles. The van der Waals surface area contributed by atoms with E-state index in [1.807, 2.05) is 12.1 Å². The van der Waals surface area contributed by atoms with Crippen molar-refractivity contribution in [2.45, 2.75) is 6.42 Å². The van der Waals surface area contributed by atoms with Crippen LogP contribution in [0.4, 0.5) is 0 Å². The van der Waals surface area contributed by atoms with Gasteiger partial charge >= 0.3 is 0 Å².